The highest BCUT2D eigenvalue weighted by molar-refractivity contribution is 6.31. The van der Waals surface area contributed by atoms with E-state index in [1.165, 1.54) is 6.07 Å². The molecule has 3 rings (SSSR count). The summed E-state index contributed by atoms with van der Waals surface area (Å²) in [5.74, 6) is -1.21. The summed E-state index contributed by atoms with van der Waals surface area (Å²) >= 11 is 5.88. The highest BCUT2D eigenvalue weighted by Gasteiger charge is 2.42. The summed E-state index contributed by atoms with van der Waals surface area (Å²) in [5, 5.41) is 0.0730. The van der Waals surface area contributed by atoms with E-state index in [4.69, 9.17) is 11.6 Å². The van der Waals surface area contributed by atoms with Gasteiger partial charge in [-0.05, 0) is 60.2 Å². The minimum absolute atomic E-state index is 0.0145. The first-order chi connectivity index (χ1) is 11.8. The Morgan fingerprint density at radius 3 is 2.24 bits per heavy atom. The normalized spacial score (nSPS) is 20.4. The summed E-state index contributed by atoms with van der Waals surface area (Å²) in [6, 6.07) is 8.47. The van der Waals surface area contributed by atoms with Crippen molar-refractivity contribution in [3.63, 3.8) is 0 Å². The largest absolute Gasteiger partial charge is 0.298 e. The molecule has 0 heterocycles. The Bertz CT molecular complexity index is 849. The summed E-state index contributed by atoms with van der Waals surface area (Å²) in [6.45, 7) is 5.77. The lowest BCUT2D eigenvalue weighted by molar-refractivity contribution is -0.124. The van der Waals surface area contributed by atoms with Gasteiger partial charge in [0.2, 0.25) is 0 Å². The molecule has 25 heavy (non-hydrogen) atoms. The first-order valence-electron chi connectivity index (χ1n) is 8.46. The quantitative estimate of drug-likeness (QED) is 0.687. The van der Waals surface area contributed by atoms with Crippen molar-refractivity contribution in [3.8, 4) is 11.1 Å². The molecule has 1 aliphatic rings. The fraction of sp³-hybridized carbons (Fsp3) is 0.333. The summed E-state index contributed by atoms with van der Waals surface area (Å²) in [6.07, 6.45) is 1.04. The molecule has 0 radical (unpaired) electrons. The van der Waals surface area contributed by atoms with Crippen LogP contribution in [0.3, 0.4) is 0 Å². The number of benzene rings is 2. The third-order valence-electron chi connectivity index (χ3n) is 5.08. The van der Waals surface area contributed by atoms with Gasteiger partial charge in [0.15, 0.2) is 5.78 Å². The molecular weight excluding hydrogens is 339 g/mol. The minimum Gasteiger partial charge on any atom is -0.298 e. The van der Waals surface area contributed by atoms with Crippen molar-refractivity contribution in [1.29, 1.82) is 0 Å². The van der Waals surface area contributed by atoms with Crippen LogP contribution >= 0.6 is 11.6 Å². The number of carbonyl (C=O) groups excluding carboxylic acids is 2. The third kappa shape index (κ3) is 3.13. The molecule has 0 N–H and O–H groups in total. The molecule has 1 aliphatic carbocycles. The van der Waals surface area contributed by atoms with Crippen LogP contribution in [-0.4, -0.2) is 11.6 Å². The Kier molecular flexibility index (Phi) is 4.79. The Morgan fingerprint density at radius 2 is 1.72 bits per heavy atom. The predicted molar refractivity (Wildman–Crippen MR) is 97.5 cm³/mol. The number of ketones is 2. The average Bonchev–Trinajstić information content (AvgIpc) is 2.84. The molecule has 2 aromatic rings. The number of hydrogen-bond acceptors (Lipinski definition) is 2. The van der Waals surface area contributed by atoms with Crippen LogP contribution < -0.4 is 0 Å². The molecule has 4 heteroatoms. The van der Waals surface area contributed by atoms with E-state index < -0.39 is 11.7 Å². The molecule has 0 aliphatic heterocycles. The maximum absolute atomic E-state index is 13.4. The van der Waals surface area contributed by atoms with Crippen LogP contribution in [0.5, 0.6) is 0 Å². The molecule has 0 saturated heterocycles. The molecule has 2 atom stereocenters. The van der Waals surface area contributed by atoms with Crippen molar-refractivity contribution in [1.82, 2.24) is 0 Å². The highest BCUT2D eigenvalue weighted by atomic mass is 35.5. The third-order valence-corrected chi connectivity index (χ3v) is 5.37. The van der Waals surface area contributed by atoms with Gasteiger partial charge in [-0.1, -0.05) is 36.7 Å². The summed E-state index contributed by atoms with van der Waals surface area (Å²) in [5.41, 5.74) is 4.32. The molecule has 1 saturated carbocycles. The second-order valence-electron chi connectivity index (χ2n) is 6.76. The molecule has 2 unspecified atom stereocenters. The van der Waals surface area contributed by atoms with E-state index >= 15 is 0 Å². The predicted octanol–water partition coefficient (Wildman–Crippen LogP) is 5.41. The smallest absolute Gasteiger partial charge is 0.151 e. The molecule has 0 bridgehead atoms. The fourth-order valence-electron chi connectivity index (χ4n) is 3.78. The fourth-order valence-corrected chi connectivity index (χ4v) is 3.96. The monoisotopic (exact) mass is 358 g/mol. The maximum Gasteiger partial charge on any atom is 0.151 e. The standard InChI is InChI=1S/C21H20ClFO2/c1-4-13-10-18(24)20(21(13)25)19-11(2)7-15(8-12(19)3)14-5-6-17(23)16(22)9-14/h5-9,13,20H,4,10H2,1-3H3. The molecule has 0 amide bonds. The number of rotatable bonds is 3. The van der Waals surface area contributed by atoms with Crippen molar-refractivity contribution < 1.29 is 14.0 Å². The van der Waals surface area contributed by atoms with Gasteiger partial charge in [0.1, 0.15) is 17.5 Å². The first-order valence-corrected chi connectivity index (χ1v) is 8.84. The first kappa shape index (κ1) is 17.8. The van der Waals surface area contributed by atoms with Crippen LogP contribution in [0.1, 0.15) is 42.4 Å². The Hall–Kier alpha value is -2.00. The van der Waals surface area contributed by atoms with E-state index in [2.05, 4.69) is 0 Å². The molecule has 0 spiro atoms. The second-order valence-corrected chi connectivity index (χ2v) is 7.17. The van der Waals surface area contributed by atoms with Crippen molar-refractivity contribution in [2.45, 2.75) is 39.5 Å². The van der Waals surface area contributed by atoms with Crippen LogP contribution in [0.4, 0.5) is 4.39 Å². The Balaban J connectivity index is 2.05. The second kappa shape index (κ2) is 6.72. The Labute approximate surface area is 152 Å². The molecule has 2 aromatic carbocycles. The Morgan fingerprint density at radius 1 is 1.08 bits per heavy atom. The summed E-state index contributed by atoms with van der Waals surface area (Å²) in [4.78, 5) is 25.0. The van der Waals surface area contributed by atoms with Gasteiger partial charge in [-0.3, -0.25) is 9.59 Å². The van der Waals surface area contributed by atoms with E-state index in [1.807, 2.05) is 32.9 Å². The van der Waals surface area contributed by atoms with E-state index in [1.54, 1.807) is 12.1 Å². The van der Waals surface area contributed by atoms with Crippen molar-refractivity contribution >= 4 is 23.2 Å². The highest BCUT2D eigenvalue weighted by Crippen LogP contribution is 2.38. The van der Waals surface area contributed by atoms with Gasteiger partial charge < -0.3 is 0 Å². The lowest BCUT2D eigenvalue weighted by atomic mass is 9.85. The number of Topliss-reactive ketones (excluding diaryl/α,β-unsaturated/α-hetero) is 2. The lowest BCUT2D eigenvalue weighted by Gasteiger charge is -2.17. The van der Waals surface area contributed by atoms with Gasteiger partial charge in [0, 0.05) is 12.3 Å². The molecular formula is C21H20ClFO2. The van der Waals surface area contributed by atoms with Crippen LogP contribution in [-0.2, 0) is 9.59 Å². The number of halogens is 2. The van der Waals surface area contributed by atoms with Crippen LogP contribution in [0.2, 0.25) is 5.02 Å². The average molecular weight is 359 g/mol. The van der Waals surface area contributed by atoms with E-state index in [0.29, 0.717) is 12.8 Å². The van der Waals surface area contributed by atoms with Crippen LogP contribution in [0.15, 0.2) is 30.3 Å². The zero-order chi connectivity index (χ0) is 18.3. The zero-order valence-electron chi connectivity index (χ0n) is 14.5. The zero-order valence-corrected chi connectivity index (χ0v) is 15.3. The van der Waals surface area contributed by atoms with E-state index in [-0.39, 0.29) is 22.5 Å². The van der Waals surface area contributed by atoms with Gasteiger partial charge in [0.05, 0.1) is 5.02 Å². The SMILES string of the molecule is CCC1CC(=O)C(c2c(C)cc(-c3ccc(F)c(Cl)c3)cc2C)C1=O. The minimum atomic E-state index is -0.643. The lowest BCUT2D eigenvalue weighted by Crippen LogP contribution is -2.17. The summed E-state index contributed by atoms with van der Waals surface area (Å²) < 4.78 is 13.4. The van der Waals surface area contributed by atoms with Crippen LogP contribution in [0.25, 0.3) is 11.1 Å². The van der Waals surface area contributed by atoms with Crippen molar-refractivity contribution in [2.75, 3.05) is 0 Å². The summed E-state index contributed by atoms with van der Waals surface area (Å²) in [7, 11) is 0. The van der Waals surface area contributed by atoms with E-state index in [0.717, 1.165) is 27.8 Å². The molecule has 1 fully saturated rings. The van der Waals surface area contributed by atoms with E-state index in [9.17, 15) is 14.0 Å². The maximum atomic E-state index is 13.4. The number of hydrogen-bond donors (Lipinski definition) is 0. The van der Waals surface area contributed by atoms with Crippen molar-refractivity contribution in [2.24, 2.45) is 5.92 Å². The number of aryl methyl sites for hydroxylation is 2. The number of carbonyl (C=O) groups is 2. The topological polar surface area (TPSA) is 34.1 Å². The molecule has 0 aromatic heterocycles. The van der Waals surface area contributed by atoms with Crippen molar-refractivity contribution in [3.05, 3.63) is 57.9 Å². The van der Waals surface area contributed by atoms with Gasteiger partial charge in [-0.2, -0.15) is 0 Å². The van der Waals surface area contributed by atoms with Crippen LogP contribution in [0, 0.1) is 25.6 Å². The van der Waals surface area contributed by atoms with Gasteiger partial charge in [-0.15, -0.1) is 0 Å². The van der Waals surface area contributed by atoms with Gasteiger partial charge in [0.25, 0.3) is 0 Å². The van der Waals surface area contributed by atoms with Gasteiger partial charge in [-0.25, -0.2) is 4.39 Å². The van der Waals surface area contributed by atoms with Gasteiger partial charge >= 0.3 is 0 Å². The molecule has 2 nitrogen and oxygen atoms in total. The molecule has 130 valence electrons.